The summed E-state index contributed by atoms with van der Waals surface area (Å²) in [5, 5.41) is 0. The van der Waals surface area contributed by atoms with Crippen LogP contribution < -0.4 is 0 Å². The monoisotopic (exact) mass is 377 g/mol. The average molecular weight is 380 g/mol. The lowest BCUT2D eigenvalue weighted by Crippen LogP contribution is -2.39. The van der Waals surface area contributed by atoms with Crippen LogP contribution >= 0.6 is 47.8 Å². The molecular formula is C8H14Br3NO. The SMILES string of the molecule is CCCN(CCC)C(=O)C(Br)(Br)Br. The molecule has 0 bridgehead atoms. The summed E-state index contributed by atoms with van der Waals surface area (Å²) in [5.74, 6) is 0.0243. The summed E-state index contributed by atoms with van der Waals surface area (Å²) in [7, 11) is 0. The summed E-state index contributed by atoms with van der Waals surface area (Å²) in [6.45, 7) is 5.73. The van der Waals surface area contributed by atoms with E-state index in [1.54, 1.807) is 0 Å². The first-order valence-corrected chi connectivity index (χ1v) is 6.67. The van der Waals surface area contributed by atoms with Crippen LogP contribution in [-0.4, -0.2) is 26.0 Å². The minimum atomic E-state index is -0.794. The molecule has 0 aliphatic heterocycles. The maximum absolute atomic E-state index is 11.7. The predicted octanol–water partition coefficient (Wildman–Crippen LogP) is 3.47. The number of hydrogen-bond donors (Lipinski definition) is 0. The summed E-state index contributed by atoms with van der Waals surface area (Å²) in [4.78, 5) is 13.6. The molecule has 1 amide bonds. The van der Waals surface area contributed by atoms with Crippen molar-refractivity contribution in [2.24, 2.45) is 0 Å². The maximum atomic E-state index is 11.7. The average Bonchev–Trinajstić information content (AvgIpc) is 2.01. The van der Waals surface area contributed by atoms with Gasteiger partial charge in [0.05, 0.1) is 0 Å². The molecule has 0 fully saturated rings. The van der Waals surface area contributed by atoms with Crippen LogP contribution in [-0.2, 0) is 4.79 Å². The smallest absolute Gasteiger partial charge is 0.261 e. The highest BCUT2D eigenvalue weighted by atomic mass is 80.0. The molecule has 2 nitrogen and oxygen atoms in total. The van der Waals surface area contributed by atoms with E-state index in [1.807, 2.05) is 4.90 Å². The Bertz CT molecular complexity index is 161. The van der Waals surface area contributed by atoms with Gasteiger partial charge in [0, 0.05) is 13.1 Å². The first-order valence-electron chi connectivity index (χ1n) is 4.29. The zero-order valence-electron chi connectivity index (χ0n) is 7.82. The Hall–Kier alpha value is 0.910. The van der Waals surface area contributed by atoms with Crippen LogP contribution in [0.15, 0.2) is 0 Å². The van der Waals surface area contributed by atoms with Gasteiger partial charge in [-0.3, -0.25) is 4.79 Å². The third kappa shape index (κ3) is 5.37. The highest BCUT2D eigenvalue weighted by Crippen LogP contribution is 2.35. The topological polar surface area (TPSA) is 20.3 Å². The molecule has 0 saturated carbocycles. The van der Waals surface area contributed by atoms with Crippen LogP contribution in [0.4, 0.5) is 0 Å². The van der Waals surface area contributed by atoms with E-state index >= 15 is 0 Å². The summed E-state index contributed by atoms with van der Waals surface area (Å²) in [6, 6.07) is 0. The van der Waals surface area contributed by atoms with Crippen molar-refractivity contribution in [1.82, 2.24) is 4.90 Å². The number of alkyl halides is 3. The minimum Gasteiger partial charge on any atom is -0.340 e. The van der Waals surface area contributed by atoms with E-state index in [9.17, 15) is 4.79 Å². The number of amides is 1. The van der Waals surface area contributed by atoms with Crippen LogP contribution in [0, 0.1) is 0 Å². The Morgan fingerprint density at radius 1 is 1.15 bits per heavy atom. The number of hydrogen-bond acceptors (Lipinski definition) is 1. The normalized spacial score (nSPS) is 11.5. The molecule has 5 heteroatoms. The fraction of sp³-hybridized carbons (Fsp3) is 0.875. The molecule has 0 aliphatic rings. The molecule has 0 saturated heterocycles. The van der Waals surface area contributed by atoms with Gasteiger partial charge >= 0.3 is 0 Å². The van der Waals surface area contributed by atoms with Gasteiger partial charge in [-0.15, -0.1) is 0 Å². The van der Waals surface area contributed by atoms with Crippen molar-refractivity contribution in [3.8, 4) is 0 Å². The third-order valence-electron chi connectivity index (χ3n) is 1.52. The van der Waals surface area contributed by atoms with Gasteiger partial charge in [-0.25, -0.2) is 0 Å². The fourth-order valence-corrected chi connectivity index (χ4v) is 1.79. The number of rotatable bonds is 4. The molecule has 0 unspecified atom stereocenters. The molecule has 0 spiro atoms. The largest absolute Gasteiger partial charge is 0.340 e. The molecular weight excluding hydrogens is 366 g/mol. The molecule has 0 aromatic rings. The van der Waals surface area contributed by atoms with E-state index in [0.29, 0.717) is 0 Å². The Balaban J connectivity index is 4.27. The minimum absolute atomic E-state index is 0.0243. The molecule has 0 atom stereocenters. The zero-order valence-corrected chi connectivity index (χ0v) is 12.6. The van der Waals surface area contributed by atoms with E-state index in [1.165, 1.54) is 0 Å². The number of carbonyl (C=O) groups is 1. The lowest BCUT2D eigenvalue weighted by molar-refractivity contribution is -0.129. The second-order valence-corrected chi connectivity index (χ2v) is 9.55. The maximum Gasteiger partial charge on any atom is 0.261 e. The lowest BCUT2D eigenvalue weighted by Gasteiger charge is -2.25. The summed E-state index contributed by atoms with van der Waals surface area (Å²) >= 11 is 9.68. The van der Waals surface area contributed by atoms with Crippen molar-refractivity contribution in [2.45, 2.75) is 28.8 Å². The van der Waals surface area contributed by atoms with Crippen molar-refractivity contribution >= 4 is 53.7 Å². The standard InChI is InChI=1S/C8H14Br3NO/c1-3-5-12(6-4-2)7(13)8(9,10)11/h3-6H2,1-2H3. The van der Waals surface area contributed by atoms with Crippen molar-refractivity contribution in [2.75, 3.05) is 13.1 Å². The first kappa shape index (κ1) is 13.9. The lowest BCUT2D eigenvalue weighted by atomic mass is 10.3. The van der Waals surface area contributed by atoms with Gasteiger partial charge in [0.15, 0.2) is 0 Å². The second-order valence-electron chi connectivity index (χ2n) is 2.79. The molecule has 78 valence electrons. The quantitative estimate of drug-likeness (QED) is 0.685. The van der Waals surface area contributed by atoms with E-state index in [0.717, 1.165) is 25.9 Å². The zero-order chi connectivity index (χ0) is 10.5. The first-order chi connectivity index (χ1) is 5.93. The fourth-order valence-electron chi connectivity index (χ4n) is 1.03. The van der Waals surface area contributed by atoms with Crippen molar-refractivity contribution in [1.29, 1.82) is 0 Å². The number of nitrogens with zero attached hydrogens (tertiary/aromatic N) is 1. The van der Waals surface area contributed by atoms with Crippen molar-refractivity contribution in [3.05, 3.63) is 0 Å². The van der Waals surface area contributed by atoms with Gasteiger partial charge in [-0.2, -0.15) is 0 Å². The van der Waals surface area contributed by atoms with Crippen molar-refractivity contribution in [3.63, 3.8) is 0 Å². The Labute approximate surface area is 105 Å². The highest BCUT2D eigenvalue weighted by molar-refractivity contribution is 9.40. The van der Waals surface area contributed by atoms with Gasteiger partial charge < -0.3 is 4.90 Å². The van der Waals surface area contributed by atoms with Crippen LogP contribution in [0.5, 0.6) is 0 Å². The third-order valence-corrected chi connectivity index (χ3v) is 2.53. The molecule has 0 aromatic carbocycles. The Morgan fingerprint density at radius 3 is 1.77 bits per heavy atom. The van der Waals surface area contributed by atoms with E-state index < -0.39 is 2.14 Å². The number of halogens is 3. The Morgan fingerprint density at radius 2 is 1.54 bits per heavy atom. The van der Waals surface area contributed by atoms with Crippen LogP contribution in [0.1, 0.15) is 26.7 Å². The van der Waals surface area contributed by atoms with Crippen molar-refractivity contribution < 1.29 is 4.79 Å². The van der Waals surface area contributed by atoms with Gasteiger partial charge in [0.1, 0.15) is 0 Å². The molecule has 0 aliphatic carbocycles. The van der Waals surface area contributed by atoms with E-state index in [4.69, 9.17) is 0 Å². The second kappa shape index (κ2) is 6.40. The molecule has 13 heavy (non-hydrogen) atoms. The van der Waals surface area contributed by atoms with Crippen LogP contribution in [0.3, 0.4) is 0 Å². The molecule has 0 heterocycles. The van der Waals surface area contributed by atoms with Gasteiger partial charge in [0.25, 0.3) is 5.91 Å². The Kier molecular flexibility index (Phi) is 6.85. The highest BCUT2D eigenvalue weighted by Gasteiger charge is 2.32. The van der Waals surface area contributed by atoms with Gasteiger partial charge in [0.2, 0.25) is 2.14 Å². The molecule has 0 radical (unpaired) electrons. The van der Waals surface area contributed by atoms with E-state index in [-0.39, 0.29) is 5.91 Å². The van der Waals surface area contributed by atoms with Gasteiger partial charge in [-0.05, 0) is 60.6 Å². The summed E-state index contributed by atoms with van der Waals surface area (Å²) < 4.78 is -0.794. The van der Waals surface area contributed by atoms with Gasteiger partial charge in [-0.1, -0.05) is 13.8 Å². The molecule has 0 aromatic heterocycles. The predicted molar refractivity (Wildman–Crippen MR) is 66.7 cm³/mol. The molecule has 0 N–H and O–H groups in total. The number of carbonyl (C=O) groups excluding carboxylic acids is 1. The van der Waals surface area contributed by atoms with Crippen LogP contribution in [0.25, 0.3) is 0 Å². The van der Waals surface area contributed by atoms with Crippen LogP contribution in [0.2, 0.25) is 0 Å². The molecule has 0 rings (SSSR count). The summed E-state index contributed by atoms with van der Waals surface area (Å²) in [6.07, 6.45) is 1.96. The van der Waals surface area contributed by atoms with E-state index in [2.05, 4.69) is 61.6 Å². The summed E-state index contributed by atoms with van der Waals surface area (Å²) in [5.41, 5.74) is 0.